The van der Waals surface area contributed by atoms with Gasteiger partial charge in [0, 0.05) is 25.2 Å². The second-order valence-corrected chi connectivity index (χ2v) is 13.0. The van der Waals surface area contributed by atoms with E-state index in [2.05, 4.69) is 9.97 Å². The number of aromatic nitrogens is 2. The SMILES string of the molecule is O=C(C1CCN(S(=O)(=O)c2ccc(Cl)s2)CC1)N(Cc1ccccn1)c1nc2c(F)cccc2s1. The summed E-state index contributed by atoms with van der Waals surface area (Å²) in [5.41, 5.74) is 0.900. The lowest BCUT2D eigenvalue weighted by atomic mass is 9.96. The van der Waals surface area contributed by atoms with Gasteiger partial charge in [-0.2, -0.15) is 4.31 Å². The van der Waals surface area contributed by atoms with Crippen LogP contribution in [-0.2, 0) is 21.4 Å². The summed E-state index contributed by atoms with van der Waals surface area (Å²) in [6, 6.07) is 13.2. The van der Waals surface area contributed by atoms with Gasteiger partial charge in [0.1, 0.15) is 15.5 Å². The fraction of sp³-hybridized carbons (Fsp3) is 0.261. The molecular weight excluding hydrogens is 531 g/mol. The smallest absolute Gasteiger partial charge is 0.252 e. The van der Waals surface area contributed by atoms with Crippen molar-refractivity contribution in [3.05, 3.63) is 70.6 Å². The number of hydrogen-bond acceptors (Lipinski definition) is 7. The van der Waals surface area contributed by atoms with Crippen LogP contribution in [0.5, 0.6) is 0 Å². The number of carbonyl (C=O) groups excluding carboxylic acids is 1. The number of thiophene rings is 1. The number of amides is 1. The lowest BCUT2D eigenvalue weighted by Crippen LogP contribution is -2.44. The monoisotopic (exact) mass is 550 g/mol. The summed E-state index contributed by atoms with van der Waals surface area (Å²) in [5, 5.41) is 0.393. The van der Waals surface area contributed by atoms with Crippen molar-refractivity contribution in [1.29, 1.82) is 0 Å². The van der Waals surface area contributed by atoms with Crippen molar-refractivity contribution in [3.63, 3.8) is 0 Å². The molecule has 1 aliphatic heterocycles. The van der Waals surface area contributed by atoms with Gasteiger partial charge in [-0.05, 0) is 49.2 Å². The largest absolute Gasteiger partial charge is 0.282 e. The number of thiazole rings is 1. The maximum Gasteiger partial charge on any atom is 0.252 e. The van der Waals surface area contributed by atoms with E-state index in [0.29, 0.717) is 32.7 Å². The Bertz CT molecular complexity index is 1470. The third-order valence-electron chi connectivity index (χ3n) is 5.85. The van der Waals surface area contributed by atoms with Gasteiger partial charge in [-0.15, -0.1) is 11.3 Å². The maximum atomic E-state index is 14.3. The molecule has 7 nitrogen and oxygen atoms in total. The molecule has 35 heavy (non-hydrogen) atoms. The summed E-state index contributed by atoms with van der Waals surface area (Å²) in [5.74, 6) is -1.01. The molecule has 1 saturated heterocycles. The van der Waals surface area contributed by atoms with Crippen LogP contribution in [-0.4, -0.2) is 41.7 Å². The van der Waals surface area contributed by atoms with Gasteiger partial charge in [-0.1, -0.05) is 35.1 Å². The Hall–Kier alpha value is -2.44. The van der Waals surface area contributed by atoms with Gasteiger partial charge in [-0.3, -0.25) is 14.7 Å². The molecule has 0 saturated carbocycles. The Morgan fingerprint density at radius 2 is 1.91 bits per heavy atom. The fourth-order valence-electron chi connectivity index (χ4n) is 4.04. The van der Waals surface area contributed by atoms with Crippen LogP contribution in [0, 0.1) is 11.7 Å². The first-order chi connectivity index (χ1) is 16.8. The molecule has 0 unspecified atom stereocenters. The van der Waals surface area contributed by atoms with Crippen LogP contribution < -0.4 is 4.90 Å². The number of benzene rings is 1. The average Bonchev–Trinajstić information content (AvgIpc) is 3.50. The van der Waals surface area contributed by atoms with Crippen molar-refractivity contribution in [2.24, 2.45) is 5.92 Å². The van der Waals surface area contributed by atoms with Crippen molar-refractivity contribution in [1.82, 2.24) is 14.3 Å². The number of hydrogen-bond donors (Lipinski definition) is 0. The van der Waals surface area contributed by atoms with Crippen LogP contribution >= 0.6 is 34.3 Å². The van der Waals surface area contributed by atoms with Crippen LogP contribution in [0.4, 0.5) is 9.52 Å². The minimum absolute atomic E-state index is 0.175. The number of nitrogens with zero attached hydrogens (tertiary/aromatic N) is 4. The molecule has 5 rings (SSSR count). The highest BCUT2D eigenvalue weighted by molar-refractivity contribution is 7.91. The number of rotatable bonds is 6. The van der Waals surface area contributed by atoms with E-state index in [0.717, 1.165) is 11.3 Å². The van der Waals surface area contributed by atoms with E-state index in [1.807, 2.05) is 12.1 Å². The zero-order chi connectivity index (χ0) is 24.6. The van der Waals surface area contributed by atoms with Gasteiger partial charge in [0.15, 0.2) is 5.13 Å². The Morgan fingerprint density at radius 3 is 2.57 bits per heavy atom. The summed E-state index contributed by atoms with van der Waals surface area (Å²) in [7, 11) is -3.65. The van der Waals surface area contributed by atoms with Gasteiger partial charge in [-0.25, -0.2) is 17.8 Å². The Kier molecular flexibility index (Phi) is 6.86. The van der Waals surface area contributed by atoms with E-state index >= 15 is 0 Å². The third kappa shape index (κ3) is 4.96. The molecule has 1 aliphatic rings. The summed E-state index contributed by atoms with van der Waals surface area (Å²) in [6.45, 7) is 0.633. The summed E-state index contributed by atoms with van der Waals surface area (Å²) in [6.07, 6.45) is 2.39. The molecule has 4 aromatic rings. The van der Waals surface area contributed by atoms with E-state index in [1.165, 1.54) is 27.8 Å². The molecule has 4 heterocycles. The molecule has 0 radical (unpaired) electrons. The van der Waals surface area contributed by atoms with Crippen molar-refractivity contribution < 1.29 is 17.6 Å². The van der Waals surface area contributed by atoms with E-state index < -0.39 is 21.8 Å². The first-order valence-corrected chi connectivity index (χ1v) is 14.3. The minimum atomic E-state index is -3.65. The number of halogens is 2. The molecular formula is C23H20ClFN4O3S3. The second kappa shape index (κ2) is 9.90. The third-order valence-corrected chi connectivity index (χ3v) is 10.5. The molecule has 1 amide bonds. The first-order valence-electron chi connectivity index (χ1n) is 10.8. The van der Waals surface area contributed by atoms with Crippen molar-refractivity contribution >= 4 is 65.6 Å². The lowest BCUT2D eigenvalue weighted by Gasteiger charge is -2.32. The van der Waals surface area contributed by atoms with Gasteiger partial charge >= 0.3 is 0 Å². The highest BCUT2D eigenvalue weighted by atomic mass is 35.5. The maximum absolute atomic E-state index is 14.3. The summed E-state index contributed by atoms with van der Waals surface area (Å²) < 4.78 is 42.8. The molecule has 1 fully saturated rings. The van der Waals surface area contributed by atoms with E-state index in [-0.39, 0.29) is 35.3 Å². The van der Waals surface area contributed by atoms with Crippen molar-refractivity contribution in [3.8, 4) is 0 Å². The average molecular weight is 551 g/mol. The van der Waals surface area contributed by atoms with E-state index in [1.54, 1.807) is 35.4 Å². The normalized spacial score (nSPS) is 15.5. The van der Waals surface area contributed by atoms with Gasteiger partial charge < -0.3 is 0 Å². The zero-order valence-corrected chi connectivity index (χ0v) is 21.5. The van der Waals surface area contributed by atoms with E-state index in [4.69, 9.17) is 11.6 Å². The minimum Gasteiger partial charge on any atom is -0.282 e. The molecule has 3 aromatic heterocycles. The van der Waals surface area contributed by atoms with Gasteiger partial charge in [0.2, 0.25) is 5.91 Å². The van der Waals surface area contributed by atoms with Gasteiger partial charge in [0.05, 0.1) is 21.3 Å². The van der Waals surface area contributed by atoms with Gasteiger partial charge in [0.25, 0.3) is 10.0 Å². The quantitative estimate of drug-likeness (QED) is 0.330. The fourth-order valence-corrected chi connectivity index (χ4v) is 8.13. The molecule has 0 spiro atoms. The van der Waals surface area contributed by atoms with Crippen LogP contribution in [0.2, 0.25) is 4.34 Å². The highest BCUT2D eigenvalue weighted by Gasteiger charge is 2.35. The number of sulfonamides is 1. The van der Waals surface area contributed by atoms with Crippen molar-refractivity contribution in [2.75, 3.05) is 18.0 Å². The highest BCUT2D eigenvalue weighted by Crippen LogP contribution is 2.34. The van der Waals surface area contributed by atoms with Crippen molar-refractivity contribution in [2.45, 2.75) is 23.6 Å². The number of piperidine rings is 1. The number of para-hydroxylation sites is 1. The molecule has 12 heteroatoms. The van der Waals surface area contributed by atoms with Crippen LogP contribution in [0.15, 0.2) is 58.9 Å². The molecule has 0 aliphatic carbocycles. The lowest BCUT2D eigenvalue weighted by molar-refractivity contribution is -0.123. The van der Waals surface area contributed by atoms with Crippen LogP contribution in [0.1, 0.15) is 18.5 Å². The first kappa shape index (κ1) is 24.3. The van der Waals surface area contributed by atoms with Crippen LogP contribution in [0.25, 0.3) is 10.2 Å². The topological polar surface area (TPSA) is 83.5 Å². The predicted octanol–water partition coefficient (Wildman–Crippen LogP) is 5.18. The summed E-state index contributed by atoms with van der Waals surface area (Å²) in [4.78, 5) is 24.0. The predicted molar refractivity (Wildman–Crippen MR) is 136 cm³/mol. The standard InChI is InChI=1S/C23H20ClFN4O3S3/c24-19-7-8-20(34-19)35(31,32)28-12-9-15(10-13-28)22(30)29(14-16-4-1-2-11-26-16)23-27-21-17(25)5-3-6-18(21)33-23/h1-8,11,15H,9-10,12-14H2. The molecule has 0 N–H and O–H groups in total. The Balaban J connectivity index is 1.38. The second-order valence-electron chi connectivity index (χ2n) is 8.07. The number of anilines is 1. The number of fused-ring (bicyclic) bond motifs is 1. The Labute approximate surface area is 214 Å². The van der Waals surface area contributed by atoms with Crippen LogP contribution in [0.3, 0.4) is 0 Å². The zero-order valence-electron chi connectivity index (χ0n) is 18.3. The Morgan fingerprint density at radius 1 is 1.11 bits per heavy atom. The molecule has 1 aromatic carbocycles. The molecule has 0 bridgehead atoms. The molecule has 182 valence electrons. The summed E-state index contributed by atoms with van der Waals surface area (Å²) >= 11 is 8.18. The number of carbonyl (C=O) groups is 1. The van der Waals surface area contributed by atoms with E-state index in [9.17, 15) is 17.6 Å². The molecule has 0 atom stereocenters. The number of pyridine rings is 1.